The van der Waals surface area contributed by atoms with Crippen LogP contribution in [-0.4, -0.2) is 21.8 Å². The van der Waals surface area contributed by atoms with Gasteiger partial charge in [0.15, 0.2) is 0 Å². The molecule has 0 saturated heterocycles. The number of hydrogen-bond donors (Lipinski definition) is 1. The lowest BCUT2D eigenvalue weighted by atomic mass is 9.98. The van der Waals surface area contributed by atoms with Gasteiger partial charge in [0.1, 0.15) is 6.29 Å². The molecule has 1 atom stereocenters. The Hall–Kier alpha value is -0.930. The van der Waals surface area contributed by atoms with E-state index < -0.39 is 5.60 Å². The largest absolute Gasteiger partial charge is 0.389 e. The standard InChI is InChI=1S/C27H45BrO2/c1-22(14-9-16-24(3)18-11-21-29)12-7-8-13-23(2)15-10-17-25(4)19-20-26(28)27(5,6)30/h12-13,16-17,21,26,30H,7-11,14-15,18-20H2,1-6H3/b22-12+,23-13+,24-16+,25-17+. The third-order valence-corrected chi connectivity index (χ3v) is 7.01. The molecule has 0 aromatic rings. The smallest absolute Gasteiger partial charge is 0.120 e. The average Bonchev–Trinajstić information content (AvgIpc) is 2.67. The van der Waals surface area contributed by atoms with Crippen LogP contribution in [0.3, 0.4) is 0 Å². The predicted octanol–water partition coefficient (Wildman–Crippen LogP) is 8.41. The molecule has 0 radical (unpaired) electrons. The number of alkyl halides is 1. The van der Waals surface area contributed by atoms with Crippen molar-refractivity contribution in [3.63, 3.8) is 0 Å². The molecular weight excluding hydrogens is 436 g/mol. The van der Waals surface area contributed by atoms with Crippen LogP contribution in [0.4, 0.5) is 0 Å². The summed E-state index contributed by atoms with van der Waals surface area (Å²) < 4.78 is 0. The molecule has 3 heteroatoms. The van der Waals surface area contributed by atoms with Crippen LogP contribution < -0.4 is 0 Å². The number of aliphatic hydroxyl groups is 1. The van der Waals surface area contributed by atoms with Gasteiger partial charge in [0.2, 0.25) is 0 Å². The molecule has 0 saturated carbocycles. The summed E-state index contributed by atoms with van der Waals surface area (Å²) in [6, 6.07) is 0. The van der Waals surface area contributed by atoms with Crippen LogP contribution in [0, 0.1) is 0 Å². The van der Waals surface area contributed by atoms with Crippen molar-refractivity contribution in [3.8, 4) is 0 Å². The SMILES string of the molecule is C/C(=C\CC/C(C)=C/CC/C=C(\C)CC/C=C(\C)CCC(Br)C(C)(C)O)CCC=O. The summed E-state index contributed by atoms with van der Waals surface area (Å²) in [6.07, 6.45) is 20.5. The summed E-state index contributed by atoms with van der Waals surface area (Å²) in [6.45, 7) is 12.5. The third-order valence-electron chi connectivity index (χ3n) is 5.43. The van der Waals surface area contributed by atoms with E-state index in [0.29, 0.717) is 6.42 Å². The van der Waals surface area contributed by atoms with Gasteiger partial charge < -0.3 is 9.90 Å². The zero-order valence-corrected chi connectivity index (χ0v) is 21.9. The van der Waals surface area contributed by atoms with Crippen molar-refractivity contribution in [2.75, 3.05) is 0 Å². The fourth-order valence-electron chi connectivity index (χ4n) is 3.15. The summed E-state index contributed by atoms with van der Waals surface area (Å²) in [5.74, 6) is 0. The molecule has 0 aromatic heterocycles. The minimum absolute atomic E-state index is 0.133. The highest BCUT2D eigenvalue weighted by Crippen LogP contribution is 2.24. The molecule has 0 aromatic carbocycles. The van der Waals surface area contributed by atoms with Crippen LogP contribution in [0.5, 0.6) is 0 Å². The first-order valence-corrected chi connectivity index (χ1v) is 12.4. The Morgan fingerprint density at radius 2 is 1.10 bits per heavy atom. The zero-order chi connectivity index (χ0) is 23.0. The molecule has 0 amide bonds. The summed E-state index contributed by atoms with van der Waals surface area (Å²) in [5.41, 5.74) is 4.98. The van der Waals surface area contributed by atoms with Crippen molar-refractivity contribution >= 4 is 22.2 Å². The van der Waals surface area contributed by atoms with E-state index in [0.717, 1.165) is 64.1 Å². The summed E-state index contributed by atoms with van der Waals surface area (Å²) in [5, 5.41) is 9.99. The number of halogens is 1. The van der Waals surface area contributed by atoms with Crippen LogP contribution in [0.15, 0.2) is 46.6 Å². The van der Waals surface area contributed by atoms with Crippen molar-refractivity contribution in [1.29, 1.82) is 0 Å². The van der Waals surface area contributed by atoms with Gasteiger partial charge in [0, 0.05) is 11.2 Å². The van der Waals surface area contributed by atoms with E-state index in [9.17, 15) is 9.90 Å². The van der Waals surface area contributed by atoms with Crippen LogP contribution in [0.1, 0.15) is 106 Å². The number of allylic oxidation sites excluding steroid dienone is 8. The van der Waals surface area contributed by atoms with Crippen LogP contribution in [-0.2, 0) is 4.79 Å². The molecule has 1 N–H and O–H groups in total. The van der Waals surface area contributed by atoms with Crippen LogP contribution in [0.2, 0.25) is 0 Å². The highest BCUT2D eigenvalue weighted by molar-refractivity contribution is 9.09. The van der Waals surface area contributed by atoms with Gasteiger partial charge >= 0.3 is 0 Å². The maximum atomic E-state index is 10.4. The molecular formula is C27H45BrO2. The lowest BCUT2D eigenvalue weighted by Gasteiger charge is -2.24. The summed E-state index contributed by atoms with van der Waals surface area (Å²) in [7, 11) is 0. The quantitative estimate of drug-likeness (QED) is 0.104. The normalized spacial score (nSPS) is 15.5. The molecule has 0 rings (SSSR count). The topological polar surface area (TPSA) is 37.3 Å². The number of carbonyl (C=O) groups excluding carboxylic acids is 1. The van der Waals surface area contributed by atoms with Gasteiger partial charge in [-0.3, -0.25) is 0 Å². The molecule has 2 nitrogen and oxygen atoms in total. The molecule has 30 heavy (non-hydrogen) atoms. The highest BCUT2D eigenvalue weighted by atomic mass is 79.9. The highest BCUT2D eigenvalue weighted by Gasteiger charge is 2.23. The Morgan fingerprint density at radius 1 is 0.733 bits per heavy atom. The maximum Gasteiger partial charge on any atom is 0.120 e. The van der Waals surface area contributed by atoms with Crippen LogP contribution >= 0.6 is 15.9 Å². The second kappa shape index (κ2) is 16.7. The first-order valence-electron chi connectivity index (χ1n) is 11.5. The van der Waals surface area contributed by atoms with E-state index in [-0.39, 0.29) is 4.83 Å². The van der Waals surface area contributed by atoms with Gasteiger partial charge in [-0.15, -0.1) is 0 Å². The molecule has 0 bridgehead atoms. The van der Waals surface area contributed by atoms with Crippen molar-refractivity contribution in [2.45, 2.75) is 116 Å². The summed E-state index contributed by atoms with van der Waals surface area (Å²) >= 11 is 3.59. The molecule has 0 aliphatic heterocycles. The van der Waals surface area contributed by atoms with E-state index in [1.165, 1.54) is 22.3 Å². The van der Waals surface area contributed by atoms with Gasteiger partial charge in [0.25, 0.3) is 0 Å². The Bertz CT molecular complexity index is 603. The van der Waals surface area contributed by atoms with Crippen LogP contribution in [0.25, 0.3) is 0 Å². The summed E-state index contributed by atoms with van der Waals surface area (Å²) in [4.78, 5) is 10.5. The number of carbonyl (C=O) groups is 1. The van der Waals surface area contributed by atoms with Gasteiger partial charge in [-0.25, -0.2) is 0 Å². The predicted molar refractivity (Wildman–Crippen MR) is 136 cm³/mol. The van der Waals surface area contributed by atoms with Crippen molar-refractivity contribution in [2.24, 2.45) is 0 Å². The van der Waals surface area contributed by atoms with E-state index in [1.807, 2.05) is 13.8 Å². The molecule has 1 unspecified atom stereocenters. The zero-order valence-electron chi connectivity index (χ0n) is 20.3. The van der Waals surface area contributed by atoms with Gasteiger partial charge in [-0.05, 0) is 99.3 Å². The average molecular weight is 482 g/mol. The maximum absolute atomic E-state index is 10.4. The molecule has 0 heterocycles. The van der Waals surface area contributed by atoms with Crippen molar-refractivity contribution < 1.29 is 9.90 Å². The Morgan fingerprint density at radius 3 is 1.50 bits per heavy atom. The first kappa shape index (κ1) is 29.1. The minimum Gasteiger partial charge on any atom is -0.389 e. The van der Waals surface area contributed by atoms with Gasteiger partial charge in [0.05, 0.1) is 5.60 Å². The number of hydrogen-bond acceptors (Lipinski definition) is 2. The monoisotopic (exact) mass is 480 g/mol. The second-order valence-electron chi connectivity index (χ2n) is 9.22. The minimum atomic E-state index is -0.668. The van der Waals surface area contributed by atoms with Crippen molar-refractivity contribution in [3.05, 3.63) is 46.6 Å². The van der Waals surface area contributed by atoms with E-state index in [2.05, 4.69) is 67.9 Å². The molecule has 0 fully saturated rings. The molecule has 172 valence electrons. The second-order valence-corrected chi connectivity index (χ2v) is 10.3. The fraction of sp³-hybridized carbons (Fsp3) is 0.667. The van der Waals surface area contributed by atoms with Crippen molar-refractivity contribution in [1.82, 2.24) is 0 Å². The fourth-order valence-corrected chi connectivity index (χ4v) is 3.38. The van der Waals surface area contributed by atoms with E-state index >= 15 is 0 Å². The van der Waals surface area contributed by atoms with E-state index in [1.54, 1.807) is 0 Å². The number of rotatable bonds is 16. The Kier molecular flexibility index (Phi) is 16.2. The Balaban J connectivity index is 4.09. The van der Waals surface area contributed by atoms with E-state index in [4.69, 9.17) is 0 Å². The number of aldehydes is 1. The molecule has 0 aliphatic carbocycles. The number of unbranched alkanes of at least 4 members (excludes halogenated alkanes) is 1. The lowest BCUT2D eigenvalue weighted by molar-refractivity contribution is -0.107. The lowest BCUT2D eigenvalue weighted by Crippen LogP contribution is -2.31. The molecule has 0 spiro atoms. The molecule has 0 aliphatic rings. The first-order chi connectivity index (χ1) is 14.1. The van der Waals surface area contributed by atoms with Gasteiger partial charge in [-0.1, -0.05) is 62.5 Å². The Labute approximate surface area is 194 Å². The third kappa shape index (κ3) is 16.8. The van der Waals surface area contributed by atoms with Gasteiger partial charge in [-0.2, -0.15) is 0 Å².